The van der Waals surface area contributed by atoms with Crippen LogP contribution in [0.25, 0.3) is 0 Å². The lowest BCUT2D eigenvalue weighted by atomic mass is 10.1. The molecule has 1 saturated heterocycles. The quantitative estimate of drug-likeness (QED) is 0.786. The molecule has 1 fully saturated rings. The summed E-state index contributed by atoms with van der Waals surface area (Å²) >= 11 is 3.54. The molecule has 0 atom stereocenters. The zero-order valence-corrected chi connectivity index (χ0v) is 11.5. The van der Waals surface area contributed by atoms with Crippen molar-refractivity contribution in [2.75, 3.05) is 31.2 Å². The van der Waals surface area contributed by atoms with Crippen LogP contribution < -0.4 is 4.90 Å². The molecule has 0 aromatic heterocycles. The molecule has 0 radical (unpaired) electrons. The van der Waals surface area contributed by atoms with Gasteiger partial charge in [-0.1, -0.05) is 0 Å². The van der Waals surface area contributed by atoms with E-state index in [0.29, 0.717) is 0 Å². The minimum Gasteiger partial charge on any atom is -0.380 e. The van der Waals surface area contributed by atoms with Crippen LogP contribution in [0.4, 0.5) is 5.69 Å². The first kappa shape index (κ1) is 12.6. The Balaban J connectivity index is 2.22. The van der Waals surface area contributed by atoms with E-state index < -0.39 is 0 Å². The monoisotopic (exact) mass is 297 g/mol. The molecule has 0 amide bonds. The van der Waals surface area contributed by atoms with Gasteiger partial charge in [0.25, 0.3) is 0 Å². The summed E-state index contributed by atoms with van der Waals surface area (Å²) in [5, 5.41) is 0. The summed E-state index contributed by atoms with van der Waals surface area (Å²) in [5.74, 6) is 0.0939. The van der Waals surface area contributed by atoms with Crippen LogP contribution in [0.3, 0.4) is 0 Å². The maximum Gasteiger partial charge on any atom is 0.159 e. The van der Waals surface area contributed by atoms with Crippen molar-refractivity contribution in [1.82, 2.24) is 0 Å². The molecular formula is C13H16BrNO2. The summed E-state index contributed by atoms with van der Waals surface area (Å²) in [7, 11) is 0. The van der Waals surface area contributed by atoms with Gasteiger partial charge in [0.15, 0.2) is 5.78 Å². The zero-order valence-electron chi connectivity index (χ0n) is 9.91. The fourth-order valence-corrected chi connectivity index (χ4v) is 2.60. The van der Waals surface area contributed by atoms with Gasteiger partial charge >= 0.3 is 0 Å². The minimum atomic E-state index is 0.0939. The first-order valence-electron chi connectivity index (χ1n) is 5.81. The zero-order chi connectivity index (χ0) is 12.3. The Labute approximate surface area is 110 Å². The van der Waals surface area contributed by atoms with Crippen molar-refractivity contribution in [3.8, 4) is 0 Å². The second kappa shape index (κ2) is 5.65. The third kappa shape index (κ3) is 3.07. The maximum absolute atomic E-state index is 11.3. The lowest BCUT2D eigenvalue weighted by Crippen LogP contribution is -2.26. The van der Waals surface area contributed by atoms with Gasteiger partial charge in [-0.3, -0.25) is 4.79 Å². The number of ether oxygens (including phenoxy) is 1. The van der Waals surface area contributed by atoms with Crippen molar-refractivity contribution in [2.24, 2.45) is 0 Å². The Kier molecular flexibility index (Phi) is 4.18. The Morgan fingerprint density at radius 3 is 2.88 bits per heavy atom. The topological polar surface area (TPSA) is 29.5 Å². The number of ketones is 1. The van der Waals surface area contributed by atoms with Crippen LogP contribution in [0.2, 0.25) is 0 Å². The predicted octanol–water partition coefficient (Wildman–Crippen LogP) is 2.88. The minimum absolute atomic E-state index is 0.0939. The van der Waals surface area contributed by atoms with Gasteiger partial charge in [0.05, 0.1) is 12.3 Å². The highest BCUT2D eigenvalue weighted by Crippen LogP contribution is 2.28. The molecule has 1 heterocycles. The average molecular weight is 298 g/mol. The number of anilines is 1. The third-order valence-electron chi connectivity index (χ3n) is 2.92. The molecular weight excluding hydrogens is 282 g/mol. The van der Waals surface area contributed by atoms with Crippen molar-refractivity contribution in [3.05, 3.63) is 28.2 Å². The van der Waals surface area contributed by atoms with Crippen molar-refractivity contribution in [3.63, 3.8) is 0 Å². The molecule has 0 aliphatic carbocycles. The SMILES string of the molecule is CC(=O)c1ccc(N2CCCOCC2)c(Br)c1. The van der Waals surface area contributed by atoms with Crippen LogP contribution in [-0.4, -0.2) is 32.1 Å². The molecule has 0 saturated carbocycles. The van der Waals surface area contributed by atoms with Crippen molar-refractivity contribution >= 4 is 27.4 Å². The number of carbonyl (C=O) groups is 1. The number of Topliss-reactive ketones (excluding diaryl/α,β-unsaturated/α-hetero) is 1. The van der Waals surface area contributed by atoms with Gasteiger partial charge < -0.3 is 9.64 Å². The van der Waals surface area contributed by atoms with E-state index in [1.807, 2.05) is 18.2 Å². The Hall–Kier alpha value is -0.870. The maximum atomic E-state index is 11.3. The molecule has 0 spiro atoms. The standard InChI is InChI=1S/C13H16BrNO2/c1-10(16)11-3-4-13(12(14)9-11)15-5-2-7-17-8-6-15/h3-4,9H,2,5-8H2,1H3. The van der Waals surface area contributed by atoms with Crippen LogP contribution in [0.1, 0.15) is 23.7 Å². The number of hydrogen-bond donors (Lipinski definition) is 0. The number of halogens is 1. The predicted molar refractivity (Wildman–Crippen MR) is 71.8 cm³/mol. The first-order valence-corrected chi connectivity index (χ1v) is 6.61. The van der Waals surface area contributed by atoms with Gasteiger partial charge in [-0.15, -0.1) is 0 Å². The molecule has 1 aliphatic rings. The molecule has 92 valence electrons. The summed E-state index contributed by atoms with van der Waals surface area (Å²) in [5.41, 5.74) is 1.88. The van der Waals surface area contributed by atoms with Gasteiger partial charge in [0.2, 0.25) is 0 Å². The van der Waals surface area contributed by atoms with Gasteiger partial charge in [-0.2, -0.15) is 0 Å². The molecule has 4 heteroatoms. The van der Waals surface area contributed by atoms with E-state index in [1.54, 1.807) is 6.92 Å². The van der Waals surface area contributed by atoms with Gasteiger partial charge in [0.1, 0.15) is 0 Å². The molecule has 1 aliphatic heterocycles. The van der Waals surface area contributed by atoms with E-state index in [0.717, 1.165) is 48.4 Å². The van der Waals surface area contributed by atoms with Crippen LogP contribution in [-0.2, 0) is 4.74 Å². The van der Waals surface area contributed by atoms with Crippen LogP contribution in [0.15, 0.2) is 22.7 Å². The fraction of sp³-hybridized carbons (Fsp3) is 0.462. The van der Waals surface area contributed by atoms with Crippen LogP contribution in [0, 0.1) is 0 Å². The van der Waals surface area contributed by atoms with Gasteiger partial charge in [-0.05, 0) is 47.5 Å². The van der Waals surface area contributed by atoms with Crippen molar-refractivity contribution in [2.45, 2.75) is 13.3 Å². The number of nitrogens with zero attached hydrogens (tertiary/aromatic N) is 1. The normalized spacial score (nSPS) is 16.7. The highest BCUT2D eigenvalue weighted by atomic mass is 79.9. The van der Waals surface area contributed by atoms with Gasteiger partial charge in [0, 0.05) is 29.7 Å². The Morgan fingerprint density at radius 2 is 2.18 bits per heavy atom. The largest absolute Gasteiger partial charge is 0.380 e. The Bertz CT molecular complexity index is 412. The molecule has 0 N–H and O–H groups in total. The van der Waals surface area contributed by atoms with E-state index in [1.165, 1.54) is 0 Å². The smallest absolute Gasteiger partial charge is 0.159 e. The fourth-order valence-electron chi connectivity index (χ4n) is 1.97. The number of benzene rings is 1. The molecule has 3 nitrogen and oxygen atoms in total. The summed E-state index contributed by atoms with van der Waals surface area (Å²) < 4.78 is 6.42. The second-order valence-corrected chi connectivity index (χ2v) is 5.03. The second-order valence-electron chi connectivity index (χ2n) is 4.18. The third-order valence-corrected chi connectivity index (χ3v) is 3.55. The summed E-state index contributed by atoms with van der Waals surface area (Å²) in [6.07, 6.45) is 1.04. The van der Waals surface area contributed by atoms with E-state index in [-0.39, 0.29) is 5.78 Å². The highest BCUT2D eigenvalue weighted by Gasteiger charge is 2.13. The lowest BCUT2D eigenvalue weighted by molar-refractivity contribution is 0.101. The first-order chi connectivity index (χ1) is 8.18. The summed E-state index contributed by atoms with van der Waals surface area (Å²) in [6, 6.07) is 5.78. The van der Waals surface area contributed by atoms with E-state index in [9.17, 15) is 4.79 Å². The van der Waals surface area contributed by atoms with E-state index in [4.69, 9.17) is 4.74 Å². The molecule has 17 heavy (non-hydrogen) atoms. The molecule has 0 unspecified atom stereocenters. The van der Waals surface area contributed by atoms with Crippen LogP contribution >= 0.6 is 15.9 Å². The van der Waals surface area contributed by atoms with Crippen molar-refractivity contribution < 1.29 is 9.53 Å². The average Bonchev–Trinajstić information content (AvgIpc) is 2.57. The lowest BCUT2D eigenvalue weighted by Gasteiger charge is -2.23. The number of hydrogen-bond acceptors (Lipinski definition) is 3. The van der Waals surface area contributed by atoms with E-state index >= 15 is 0 Å². The number of carbonyl (C=O) groups excluding carboxylic acids is 1. The summed E-state index contributed by atoms with van der Waals surface area (Å²) in [6.45, 7) is 5.08. The highest BCUT2D eigenvalue weighted by molar-refractivity contribution is 9.10. The van der Waals surface area contributed by atoms with Crippen molar-refractivity contribution in [1.29, 1.82) is 0 Å². The Morgan fingerprint density at radius 1 is 1.35 bits per heavy atom. The number of rotatable bonds is 2. The van der Waals surface area contributed by atoms with Gasteiger partial charge in [-0.25, -0.2) is 0 Å². The molecule has 1 aromatic rings. The molecule has 1 aromatic carbocycles. The molecule has 0 bridgehead atoms. The summed E-state index contributed by atoms with van der Waals surface area (Å²) in [4.78, 5) is 13.6. The van der Waals surface area contributed by atoms with E-state index in [2.05, 4.69) is 20.8 Å². The molecule has 2 rings (SSSR count). The van der Waals surface area contributed by atoms with Crippen LogP contribution in [0.5, 0.6) is 0 Å².